The number of nitrogen functional groups attached to an aromatic ring is 1. The van der Waals surface area contributed by atoms with Crippen LogP contribution in [0.4, 0.5) is 15.6 Å². The first-order valence-electron chi connectivity index (χ1n) is 7.76. The Morgan fingerprint density at radius 1 is 1.46 bits per heavy atom. The summed E-state index contributed by atoms with van der Waals surface area (Å²) in [5.74, 6) is -0.474. The maximum Gasteiger partial charge on any atom is 0.415 e. The van der Waals surface area contributed by atoms with Crippen molar-refractivity contribution in [2.75, 3.05) is 30.4 Å². The molecule has 2 rings (SSSR count). The van der Waals surface area contributed by atoms with Crippen molar-refractivity contribution >= 4 is 34.2 Å². The lowest BCUT2D eigenvalue weighted by Gasteiger charge is -2.33. The number of esters is 1. The Labute approximate surface area is 144 Å². The van der Waals surface area contributed by atoms with E-state index in [0.29, 0.717) is 18.2 Å². The Hall–Kier alpha value is -1.87. The zero-order valence-corrected chi connectivity index (χ0v) is 15.1. The average Bonchev–Trinajstić information content (AvgIpc) is 2.78. The molecule has 134 valence electrons. The molecule has 0 spiro atoms. The topological polar surface area (TPSA) is 104 Å². The van der Waals surface area contributed by atoms with Crippen LogP contribution in [0.3, 0.4) is 0 Å². The zero-order chi connectivity index (χ0) is 17.9. The monoisotopic (exact) mass is 357 g/mol. The maximum absolute atomic E-state index is 12.5. The molecule has 1 aromatic rings. The summed E-state index contributed by atoms with van der Waals surface area (Å²) < 4.78 is 15.8. The second-order valence-electron chi connectivity index (χ2n) is 6.30. The maximum atomic E-state index is 12.5. The van der Waals surface area contributed by atoms with Crippen LogP contribution >= 0.6 is 11.3 Å². The number of ether oxygens (including phenoxy) is 3. The molecule has 2 heterocycles. The van der Waals surface area contributed by atoms with Crippen molar-refractivity contribution in [1.82, 2.24) is 4.98 Å². The number of carbonyl (C=O) groups excluding carboxylic acids is 2. The van der Waals surface area contributed by atoms with Crippen molar-refractivity contribution in [3.63, 3.8) is 0 Å². The van der Waals surface area contributed by atoms with E-state index in [1.165, 1.54) is 4.90 Å². The standard InChI is InChI=1S/C15H23N3O5S/c1-5-21-13(19)11-17-10(16)12(24-11)18(8-9-6-7-22-9)14(20)23-15(2,3)4/h9H,5-8,16H2,1-4H3. The van der Waals surface area contributed by atoms with Crippen LogP contribution in [0.25, 0.3) is 0 Å². The Morgan fingerprint density at radius 3 is 2.62 bits per heavy atom. The second kappa shape index (κ2) is 7.35. The van der Waals surface area contributed by atoms with Gasteiger partial charge in [-0.2, -0.15) is 0 Å². The number of aromatic nitrogens is 1. The summed E-state index contributed by atoms with van der Waals surface area (Å²) in [6, 6.07) is 0. The van der Waals surface area contributed by atoms with Gasteiger partial charge in [-0.1, -0.05) is 11.3 Å². The molecule has 1 saturated heterocycles. The highest BCUT2D eigenvalue weighted by Crippen LogP contribution is 2.33. The van der Waals surface area contributed by atoms with Gasteiger partial charge in [-0.15, -0.1) is 0 Å². The minimum absolute atomic E-state index is 0.0786. The second-order valence-corrected chi connectivity index (χ2v) is 7.28. The van der Waals surface area contributed by atoms with E-state index in [9.17, 15) is 9.59 Å². The number of anilines is 2. The molecular formula is C15H23N3O5S. The summed E-state index contributed by atoms with van der Waals surface area (Å²) in [6.45, 7) is 8.24. The van der Waals surface area contributed by atoms with E-state index >= 15 is 0 Å². The van der Waals surface area contributed by atoms with E-state index in [0.717, 1.165) is 17.8 Å². The van der Waals surface area contributed by atoms with Gasteiger partial charge in [-0.25, -0.2) is 14.6 Å². The molecule has 1 aromatic heterocycles. The van der Waals surface area contributed by atoms with Crippen LogP contribution in [0.15, 0.2) is 0 Å². The molecule has 0 bridgehead atoms. The van der Waals surface area contributed by atoms with Crippen LogP contribution < -0.4 is 10.6 Å². The van der Waals surface area contributed by atoms with Gasteiger partial charge in [0, 0.05) is 6.61 Å². The minimum Gasteiger partial charge on any atom is -0.461 e. The van der Waals surface area contributed by atoms with Gasteiger partial charge in [0.25, 0.3) is 0 Å². The molecular weight excluding hydrogens is 334 g/mol. The summed E-state index contributed by atoms with van der Waals surface area (Å²) in [6.07, 6.45) is 0.219. The van der Waals surface area contributed by atoms with Crippen molar-refractivity contribution in [3.8, 4) is 0 Å². The lowest BCUT2D eigenvalue weighted by Crippen LogP contribution is -2.45. The quantitative estimate of drug-likeness (QED) is 0.807. The molecule has 24 heavy (non-hydrogen) atoms. The number of thiazole rings is 1. The van der Waals surface area contributed by atoms with Gasteiger partial charge >= 0.3 is 12.1 Å². The lowest BCUT2D eigenvalue weighted by atomic mass is 10.2. The largest absolute Gasteiger partial charge is 0.461 e. The molecule has 9 heteroatoms. The summed E-state index contributed by atoms with van der Waals surface area (Å²) in [5.41, 5.74) is 5.26. The number of nitrogens with two attached hydrogens (primary N) is 1. The van der Waals surface area contributed by atoms with Crippen LogP contribution in [0.5, 0.6) is 0 Å². The predicted octanol–water partition coefficient (Wildman–Crippen LogP) is 2.43. The zero-order valence-electron chi connectivity index (χ0n) is 14.3. The van der Waals surface area contributed by atoms with Crippen molar-refractivity contribution < 1.29 is 23.8 Å². The van der Waals surface area contributed by atoms with Gasteiger partial charge in [0.2, 0.25) is 5.01 Å². The van der Waals surface area contributed by atoms with E-state index in [1.54, 1.807) is 27.7 Å². The van der Waals surface area contributed by atoms with E-state index in [1.807, 2.05) is 0 Å². The van der Waals surface area contributed by atoms with Crippen LogP contribution in [0, 0.1) is 0 Å². The van der Waals surface area contributed by atoms with Gasteiger partial charge in [0.05, 0.1) is 19.3 Å². The van der Waals surface area contributed by atoms with Gasteiger partial charge in [0.15, 0.2) is 5.82 Å². The fourth-order valence-electron chi connectivity index (χ4n) is 1.99. The number of amides is 1. The van der Waals surface area contributed by atoms with Crippen molar-refractivity contribution in [1.29, 1.82) is 0 Å². The average molecular weight is 357 g/mol. The fraction of sp³-hybridized carbons (Fsp3) is 0.667. The molecule has 1 atom stereocenters. The normalized spacial score (nSPS) is 17.1. The van der Waals surface area contributed by atoms with E-state index in [-0.39, 0.29) is 23.5 Å². The van der Waals surface area contributed by atoms with Crippen molar-refractivity contribution in [3.05, 3.63) is 5.01 Å². The van der Waals surface area contributed by atoms with Gasteiger partial charge in [-0.05, 0) is 34.1 Å². The highest BCUT2D eigenvalue weighted by atomic mass is 32.1. The summed E-state index contributed by atoms with van der Waals surface area (Å²) in [5, 5.41) is 0.468. The number of hydrogen-bond acceptors (Lipinski definition) is 8. The highest BCUT2D eigenvalue weighted by Gasteiger charge is 2.32. The van der Waals surface area contributed by atoms with Crippen LogP contribution in [-0.2, 0) is 14.2 Å². The lowest BCUT2D eigenvalue weighted by molar-refractivity contribution is -0.0452. The Balaban J connectivity index is 2.25. The SMILES string of the molecule is CCOC(=O)c1nc(N)c(N(CC2CCO2)C(=O)OC(C)(C)C)s1. The number of rotatable bonds is 5. The van der Waals surface area contributed by atoms with Gasteiger partial charge in [0.1, 0.15) is 10.6 Å². The molecule has 0 saturated carbocycles. The first kappa shape index (κ1) is 18.5. The Bertz CT molecular complexity index is 607. The van der Waals surface area contributed by atoms with Crippen LogP contribution in [0.2, 0.25) is 0 Å². The van der Waals surface area contributed by atoms with E-state index in [4.69, 9.17) is 19.9 Å². The number of hydrogen-bond donors (Lipinski definition) is 1. The van der Waals surface area contributed by atoms with E-state index in [2.05, 4.69) is 4.98 Å². The van der Waals surface area contributed by atoms with Crippen LogP contribution in [0.1, 0.15) is 43.9 Å². The minimum atomic E-state index is -0.654. The molecule has 1 unspecified atom stereocenters. The predicted molar refractivity (Wildman–Crippen MR) is 90.4 cm³/mol. The first-order valence-corrected chi connectivity index (χ1v) is 8.58. The van der Waals surface area contributed by atoms with Gasteiger partial charge in [-0.3, -0.25) is 4.90 Å². The van der Waals surface area contributed by atoms with Crippen molar-refractivity contribution in [2.24, 2.45) is 0 Å². The molecule has 8 nitrogen and oxygen atoms in total. The Morgan fingerprint density at radius 2 is 2.12 bits per heavy atom. The first-order chi connectivity index (χ1) is 11.2. The molecule has 0 radical (unpaired) electrons. The molecule has 2 N–H and O–H groups in total. The third-order valence-corrected chi connectivity index (χ3v) is 4.20. The molecule has 0 aromatic carbocycles. The summed E-state index contributed by atoms with van der Waals surface area (Å²) in [7, 11) is 0. The Kier molecular flexibility index (Phi) is 5.66. The third-order valence-electron chi connectivity index (χ3n) is 3.12. The molecule has 1 fully saturated rings. The van der Waals surface area contributed by atoms with E-state index < -0.39 is 17.7 Å². The molecule has 1 aliphatic heterocycles. The highest BCUT2D eigenvalue weighted by molar-refractivity contribution is 7.18. The summed E-state index contributed by atoms with van der Waals surface area (Å²) >= 11 is 1.01. The third kappa shape index (κ3) is 4.57. The fourth-order valence-corrected chi connectivity index (χ4v) is 2.87. The molecule has 1 amide bonds. The smallest absolute Gasteiger partial charge is 0.415 e. The van der Waals surface area contributed by atoms with Crippen LogP contribution in [-0.4, -0.2) is 48.5 Å². The summed E-state index contributed by atoms with van der Waals surface area (Å²) in [4.78, 5) is 29.8. The number of nitrogens with zero attached hydrogens (tertiary/aromatic N) is 2. The van der Waals surface area contributed by atoms with Crippen molar-refractivity contribution in [2.45, 2.75) is 45.8 Å². The molecule has 1 aliphatic rings. The molecule has 0 aliphatic carbocycles. The van der Waals surface area contributed by atoms with Gasteiger partial charge < -0.3 is 19.9 Å². The number of carbonyl (C=O) groups is 2.